The van der Waals surface area contributed by atoms with Crippen LogP contribution in [-0.2, 0) is 6.61 Å². The first-order valence-corrected chi connectivity index (χ1v) is 9.36. The third-order valence-corrected chi connectivity index (χ3v) is 4.26. The number of hydrogen-bond acceptors (Lipinski definition) is 5. The first-order valence-electron chi connectivity index (χ1n) is 8.98. The predicted octanol–water partition coefficient (Wildman–Crippen LogP) is 5.60. The largest absolute Gasteiger partial charge is 0.502 e. The molecule has 0 bridgehead atoms. The Morgan fingerprint density at radius 1 is 1.25 bits per heavy atom. The lowest BCUT2D eigenvalue weighted by molar-refractivity contribution is 0.275. The van der Waals surface area contributed by atoms with Crippen molar-refractivity contribution in [3.8, 4) is 17.7 Å². The van der Waals surface area contributed by atoms with Gasteiger partial charge in [-0.1, -0.05) is 61.4 Å². The Kier molecular flexibility index (Phi) is 7.79. The van der Waals surface area contributed by atoms with Gasteiger partial charge in [0.25, 0.3) is 5.88 Å². The SMILES string of the molecule is CC.CC1=CC=C(c2ncnc(OCc3ccc(C#N)cc3Cl)c2O)CC=C1. The average Bonchev–Trinajstić information content (AvgIpc) is 2.94. The third kappa shape index (κ3) is 5.21. The van der Waals surface area contributed by atoms with E-state index in [-0.39, 0.29) is 18.2 Å². The summed E-state index contributed by atoms with van der Waals surface area (Å²) < 4.78 is 5.63. The number of ether oxygens (including phenoxy) is 1. The number of rotatable bonds is 4. The highest BCUT2D eigenvalue weighted by Crippen LogP contribution is 2.33. The van der Waals surface area contributed by atoms with Gasteiger partial charge in [-0.3, -0.25) is 0 Å². The third-order valence-electron chi connectivity index (χ3n) is 3.91. The number of aromatic hydroxyl groups is 1. The lowest BCUT2D eigenvalue weighted by Crippen LogP contribution is -2.01. The van der Waals surface area contributed by atoms with Gasteiger partial charge in [-0.2, -0.15) is 10.2 Å². The summed E-state index contributed by atoms with van der Waals surface area (Å²) in [6, 6.07) is 6.97. The highest BCUT2D eigenvalue weighted by molar-refractivity contribution is 6.31. The smallest absolute Gasteiger partial charge is 0.260 e. The number of benzene rings is 1. The Morgan fingerprint density at radius 3 is 2.75 bits per heavy atom. The van der Waals surface area contributed by atoms with E-state index in [2.05, 4.69) is 9.97 Å². The molecule has 0 atom stereocenters. The van der Waals surface area contributed by atoms with Crippen LogP contribution in [0.2, 0.25) is 5.02 Å². The predicted molar refractivity (Wildman–Crippen MR) is 111 cm³/mol. The fourth-order valence-corrected chi connectivity index (χ4v) is 2.72. The van der Waals surface area contributed by atoms with Crippen molar-refractivity contribution in [2.75, 3.05) is 0 Å². The summed E-state index contributed by atoms with van der Waals surface area (Å²) in [7, 11) is 0. The van der Waals surface area contributed by atoms with Gasteiger partial charge in [0.2, 0.25) is 5.75 Å². The van der Waals surface area contributed by atoms with Gasteiger partial charge in [0.05, 0.1) is 11.6 Å². The van der Waals surface area contributed by atoms with Gasteiger partial charge in [0, 0.05) is 10.6 Å². The molecule has 0 radical (unpaired) electrons. The van der Waals surface area contributed by atoms with Gasteiger partial charge in [-0.05, 0) is 31.1 Å². The first-order chi connectivity index (χ1) is 13.6. The van der Waals surface area contributed by atoms with Gasteiger partial charge >= 0.3 is 0 Å². The summed E-state index contributed by atoms with van der Waals surface area (Å²) in [4.78, 5) is 8.20. The van der Waals surface area contributed by atoms with Gasteiger partial charge in [-0.25, -0.2) is 4.98 Å². The number of nitriles is 1. The molecule has 1 aliphatic rings. The molecule has 1 aromatic heterocycles. The molecule has 28 heavy (non-hydrogen) atoms. The maximum absolute atomic E-state index is 10.5. The van der Waals surface area contributed by atoms with E-state index in [0.29, 0.717) is 28.3 Å². The summed E-state index contributed by atoms with van der Waals surface area (Å²) in [6.45, 7) is 6.12. The van der Waals surface area contributed by atoms with Gasteiger partial charge in [0.1, 0.15) is 18.6 Å². The average molecular weight is 396 g/mol. The Morgan fingerprint density at radius 2 is 2.04 bits per heavy atom. The Bertz CT molecular complexity index is 972. The van der Waals surface area contributed by atoms with Gasteiger partial charge < -0.3 is 9.84 Å². The second-order valence-corrected chi connectivity index (χ2v) is 6.20. The van der Waals surface area contributed by atoms with E-state index in [4.69, 9.17) is 21.6 Å². The van der Waals surface area contributed by atoms with Crippen molar-refractivity contribution < 1.29 is 9.84 Å². The maximum Gasteiger partial charge on any atom is 0.260 e. The van der Waals surface area contributed by atoms with Crippen LogP contribution in [0, 0.1) is 11.3 Å². The monoisotopic (exact) mass is 395 g/mol. The van der Waals surface area contributed by atoms with Crippen LogP contribution in [0.15, 0.2) is 54.4 Å². The van der Waals surface area contributed by atoms with Crippen LogP contribution < -0.4 is 4.74 Å². The van der Waals surface area contributed by atoms with Crippen LogP contribution in [0.1, 0.15) is 44.0 Å². The molecule has 6 heteroatoms. The molecule has 5 nitrogen and oxygen atoms in total. The van der Waals surface area contributed by atoms with Crippen LogP contribution in [-0.4, -0.2) is 15.1 Å². The summed E-state index contributed by atoms with van der Waals surface area (Å²) in [5.74, 6) is -0.0184. The van der Waals surface area contributed by atoms with E-state index in [1.54, 1.807) is 18.2 Å². The minimum atomic E-state index is -0.107. The zero-order chi connectivity index (χ0) is 20.5. The fraction of sp³-hybridized carbons (Fsp3) is 0.227. The first kappa shape index (κ1) is 21.2. The minimum Gasteiger partial charge on any atom is -0.502 e. The second kappa shape index (κ2) is 10.3. The van der Waals surface area contributed by atoms with Crippen molar-refractivity contribution in [2.24, 2.45) is 0 Å². The lowest BCUT2D eigenvalue weighted by Gasteiger charge is -2.11. The van der Waals surface area contributed by atoms with Crippen LogP contribution in [0.4, 0.5) is 0 Å². The van der Waals surface area contributed by atoms with Gasteiger partial charge in [0.15, 0.2) is 0 Å². The molecule has 1 N–H and O–H groups in total. The molecule has 0 aliphatic heterocycles. The molecule has 0 spiro atoms. The summed E-state index contributed by atoms with van der Waals surface area (Å²) in [5.41, 5.74) is 3.61. The molecule has 0 saturated heterocycles. The molecule has 1 heterocycles. The highest BCUT2D eigenvalue weighted by Gasteiger charge is 2.15. The van der Waals surface area contributed by atoms with E-state index in [1.807, 2.05) is 51.1 Å². The minimum absolute atomic E-state index is 0.0882. The van der Waals surface area contributed by atoms with E-state index >= 15 is 0 Å². The van der Waals surface area contributed by atoms with E-state index in [9.17, 15) is 5.11 Å². The van der Waals surface area contributed by atoms with Crippen molar-refractivity contribution in [1.82, 2.24) is 9.97 Å². The van der Waals surface area contributed by atoms with Crippen molar-refractivity contribution in [3.05, 3.63) is 76.2 Å². The van der Waals surface area contributed by atoms with Crippen LogP contribution in [0.5, 0.6) is 11.6 Å². The number of hydrogen-bond donors (Lipinski definition) is 1. The molecular weight excluding hydrogens is 374 g/mol. The van der Waals surface area contributed by atoms with E-state index in [1.165, 1.54) is 6.33 Å². The maximum atomic E-state index is 10.5. The molecule has 2 aromatic rings. The topological polar surface area (TPSA) is 79.0 Å². The van der Waals surface area contributed by atoms with Crippen molar-refractivity contribution >= 4 is 17.2 Å². The molecule has 0 saturated carbocycles. The molecule has 1 aromatic carbocycles. The van der Waals surface area contributed by atoms with E-state index < -0.39 is 0 Å². The van der Waals surface area contributed by atoms with E-state index in [0.717, 1.165) is 11.1 Å². The quantitative estimate of drug-likeness (QED) is 0.728. The second-order valence-electron chi connectivity index (χ2n) is 5.79. The van der Waals surface area contributed by atoms with Gasteiger partial charge in [-0.15, -0.1) is 0 Å². The number of aromatic nitrogens is 2. The summed E-state index contributed by atoms with van der Waals surface area (Å²) >= 11 is 6.15. The Hall–Kier alpha value is -3.10. The Balaban J connectivity index is 0.00000136. The van der Waals surface area contributed by atoms with Crippen molar-refractivity contribution in [1.29, 1.82) is 5.26 Å². The zero-order valence-electron chi connectivity index (χ0n) is 16.1. The lowest BCUT2D eigenvalue weighted by atomic mass is 10.1. The van der Waals surface area contributed by atoms with Crippen molar-refractivity contribution in [3.63, 3.8) is 0 Å². The summed E-state index contributed by atoms with van der Waals surface area (Å²) in [5, 5.41) is 19.8. The molecule has 0 unspecified atom stereocenters. The standard InChI is InChI=1S/C20H16ClN3O2.C2H6/c1-13-3-2-4-15(7-5-13)18-19(25)20(24-12-23-18)26-11-16-8-6-14(10-22)9-17(16)21;1-2/h2-3,5-9,12,25H,4,11H2,1H3;1-2H3. The molecule has 144 valence electrons. The zero-order valence-corrected chi connectivity index (χ0v) is 16.9. The highest BCUT2D eigenvalue weighted by atomic mass is 35.5. The van der Waals surface area contributed by atoms with Crippen molar-refractivity contribution in [2.45, 2.75) is 33.8 Å². The molecule has 3 rings (SSSR count). The summed E-state index contributed by atoms with van der Waals surface area (Å²) in [6.07, 6.45) is 9.95. The normalized spacial score (nSPS) is 12.7. The van der Waals surface area contributed by atoms with Crippen LogP contribution in [0.3, 0.4) is 0 Å². The number of nitrogens with zero attached hydrogens (tertiary/aromatic N) is 3. The molecule has 1 aliphatic carbocycles. The number of halogens is 1. The van der Waals surface area contributed by atoms with Crippen LogP contribution >= 0.6 is 11.6 Å². The molecular formula is C22H22ClN3O2. The Labute approximate surface area is 170 Å². The molecule has 0 amide bonds. The fourth-order valence-electron chi connectivity index (χ4n) is 2.49. The van der Waals surface area contributed by atoms with Crippen LogP contribution in [0.25, 0.3) is 5.57 Å². The number of allylic oxidation sites excluding steroid dienone is 6. The molecule has 0 fully saturated rings.